The smallest absolute Gasteiger partial charge is 0.271 e. The van der Waals surface area contributed by atoms with Crippen molar-refractivity contribution in [1.82, 2.24) is 15.3 Å². The van der Waals surface area contributed by atoms with Crippen LogP contribution in [0.25, 0.3) is 0 Å². The van der Waals surface area contributed by atoms with Crippen molar-refractivity contribution < 1.29 is 9.90 Å². The van der Waals surface area contributed by atoms with Crippen LogP contribution in [0.4, 0.5) is 0 Å². The number of amides is 1. The number of carbonyl (C=O) groups excluding carboxylic acids is 1. The Morgan fingerprint density at radius 2 is 2.35 bits per heavy atom. The summed E-state index contributed by atoms with van der Waals surface area (Å²) >= 11 is 1.66. The fraction of sp³-hybridized carbons (Fsp3) is 0.545. The van der Waals surface area contributed by atoms with E-state index in [1.54, 1.807) is 18.7 Å². The van der Waals surface area contributed by atoms with Crippen LogP contribution in [0.3, 0.4) is 0 Å². The monoisotopic (exact) mass is 255 g/mol. The van der Waals surface area contributed by atoms with Gasteiger partial charge >= 0.3 is 0 Å². The highest BCUT2D eigenvalue weighted by Gasteiger charge is 2.21. The van der Waals surface area contributed by atoms with Crippen molar-refractivity contribution in [2.45, 2.75) is 18.9 Å². The topological polar surface area (TPSA) is 75.1 Å². The summed E-state index contributed by atoms with van der Waals surface area (Å²) in [6, 6.07) is 0. The Morgan fingerprint density at radius 3 is 2.94 bits per heavy atom. The fourth-order valence-corrected chi connectivity index (χ4v) is 1.83. The van der Waals surface area contributed by atoms with E-state index in [2.05, 4.69) is 15.3 Å². The van der Waals surface area contributed by atoms with Gasteiger partial charge in [0, 0.05) is 18.9 Å². The molecule has 1 aromatic heterocycles. The Labute approximate surface area is 105 Å². The molecule has 0 saturated carbocycles. The number of carbonyl (C=O) groups is 1. The number of thioether (sulfide) groups is 1. The summed E-state index contributed by atoms with van der Waals surface area (Å²) in [5, 5.41) is 12.6. The van der Waals surface area contributed by atoms with Crippen LogP contribution < -0.4 is 5.32 Å². The number of hydrogen-bond donors (Lipinski definition) is 2. The van der Waals surface area contributed by atoms with Crippen LogP contribution in [0.5, 0.6) is 0 Å². The third-order valence-electron chi connectivity index (χ3n) is 2.27. The minimum atomic E-state index is -0.888. The van der Waals surface area contributed by atoms with Gasteiger partial charge in [-0.3, -0.25) is 9.78 Å². The van der Waals surface area contributed by atoms with Crippen molar-refractivity contribution in [2.75, 3.05) is 18.6 Å². The SMILES string of the molecule is CSCC[C@@](C)(O)CNC(=O)c1cnccn1. The molecule has 5 nitrogen and oxygen atoms in total. The van der Waals surface area contributed by atoms with E-state index >= 15 is 0 Å². The van der Waals surface area contributed by atoms with Crippen LogP contribution in [0.1, 0.15) is 23.8 Å². The van der Waals surface area contributed by atoms with Crippen LogP contribution in [0.15, 0.2) is 18.6 Å². The van der Waals surface area contributed by atoms with E-state index in [1.165, 1.54) is 18.6 Å². The molecule has 1 atom stereocenters. The summed E-state index contributed by atoms with van der Waals surface area (Å²) in [6.07, 6.45) is 6.97. The summed E-state index contributed by atoms with van der Waals surface area (Å²) in [5.74, 6) is 0.538. The molecule has 94 valence electrons. The molecule has 1 aromatic rings. The van der Waals surface area contributed by atoms with Crippen molar-refractivity contribution >= 4 is 17.7 Å². The first-order valence-corrected chi connectivity index (χ1v) is 6.70. The predicted octanol–water partition coefficient (Wildman–Crippen LogP) is 0.710. The number of aliphatic hydroxyl groups is 1. The Morgan fingerprint density at radius 1 is 1.59 bits per heavy atom. The summed E-state index contributed by atoms with van der Waals surface area (Å²) in [4.78, 5) is 19.3. The highest BCUT2D eigenvalue weighted by Crippen LogP contribution is 2.11. The molecule has 0 unspecified atom stereocenters. The number of aromatic nitrogens is 2. The maximum atomic E-state index is 11.6. The van der Waals surface area contributed by atoms with Crippen LogP contribution in [-0.4, -0.2) is 45.1 Å². The molecule has 2 N–H and O–H groups in total. The number of nitrogens with one attached hydrogen (secondary N) is 1. The summed E-state index contributed by atoms with van der Waals surface area (Å²) in [6.45, 7) is 1.92. The fourth-order valence-electron chi connectivity index (χ4n) is 1.19. The maximum Gasteiger partial charge on any atom is 0.271 e. The molecule has 0 saturated heterocycles. The van der Waals surface area contributed by atoms with Gasteiger partial charge in [-0.1, -0.05) is 0 Å². The largest absolute Gasteiger partial charge is 0.388 e. The lowest BCUT2D eigenvalue weighted by atomic mass is 10.0. The van der Waals surface area contributed by atoms with Gasteiger partial charge < -0.3 is 10.4 Å². The predicted molar refractivity (Wildman–Crippen MR) is 68.0 cm³/mol. The molecule has 0 aliphatic rings. The van der Waals surface area contributed by atoms with E-state index < -0.39 is 5.60 Å². The molecule has 0 bridgehead atoms. The van der Waals surface area contributed by atoms with Crippen LogP contribution in [0.2, 0.25) is 0 Å². The van der Waals surface area contributed by atoms with Crippen molar-refractivity contribution in [3.8, 4) is 0 Å². The van der Waals surface area contributed by atoms with E-state index in [0.29, 0.717) is 6.42 Å². The minimum absolute atomic E-state index is 0.211. The van der Waals surface area contributed by atoms with Gasteiger partial charge in [-0.2, -0.15) is 11.8 Å². The maximum absolute atomic E-state index is 11.6. The highest BCUT2D eigenvalue weighted by atomic mass is 32.2. The van der Waals surface area contributed by atoms with Crippen molar-refractivity contribution in [3.05, 3.63) is 24.3 Å². The number of nitrogens with zero attached hydrogens (tertiary/aromatic N) is 2. The van der Waals surface area contributed by atoms with Gasteiger partial charge in [-0.15, -0.1) is 0 Å². The van der Waals surface area contributed by atoms with E-state index in [1.807, 2.05) is 6.26 Å². The summed E-state index contributed by atoms with van der Waals surface area (Å²) < 4.78 is 0. The van der Waals surface area contributed by atoms with Gasteiger partial charge in [-0.05, 0) is 25.4 Å². The van der Waals surface area contributed by atoms with Gasteiger partial charge in [0.1, 0.15) is 5.69 Å². The Balaban J connectivity index is 2.43. The van der Waals surface area contributed by atoms with Gasteiger partial charge in [0.15, 0.2) is 0 Å². The van der Waals surface area contributed by atoms with E-state index in [9.17, 15) is 9.90 Å². The van der Waals surface area contributed by atoms with Gasteiger partial charge in [0.25, 0.3) is 5.91 Å². The van der Waals surface area contributed by atoms with Gasteiger partial charge in [-0.25, -0.2) is 4.98 Å². The molecule has 1 heterocycles. The lowest BCUT2D eigenvalue weighted by molar-refractivity contribution is 0.0527. The number of rotatable bonds is 6. The molecule has 0 fully saturated rings. The zero-order chi connectivity index (χ0) is 12.7. The second-order valence-electron chi connectivity index (χ2n) is 4.01. The third kappa shape index (κ3) is 5.14. The molecule has 0 spiro atoms. The van der Waals surface area contributed by atoms with Gasteiger partial charge in [0.2, 0.25) is 0 Å². The molecule has 0 aromatic carbocycles. The lowest BCUT2D eigenvalue weighted by Crippen LogP contribution is -2.41. The molecule has 6 heteroatoms. The molecule has 1 amide bonds. The van der Waals surface area contributed by atoms with Crippen LogP contribution in [-0.2, 0) is 0 Å². The van der Waals surface area contributed by atoms with Crippen LogP contribution in [0, 0.1) is 0 Å². The molecule has 1 rings (SSSR count). The standard InChI is InChI=1S/C11H17N3O2S/c1-11(16,3-6-17-2)8-14-10(15)9-7-12-4-5-13-9/h4-5,7,16H,3,6,8H2,1-2H3,(H,14,15)/t11-/m1/s1. The van der Waals surface area contributed by atoms with Crippen LogP contribution >= 0.6 is 11.8 Å². The summed E-state index contributed by atoms with van der Waals surface area (Å²) in [7, 11) is 0. The molecule has 17 heavy (non-hydrogen) atoms. The molecule has 0 aliphatic carbocycles. The first-order valence-electron chi connectivity index (χ1n) is 5.31. The van der Waals surface area contributed by atoms with Crippen molar-refractivity contribution in [3.63, 3.8) is 0 Å². The highest BCUT2D eigenvalue weighted by molar-refractivity contribution is 7.98. The molecule has 0 radical (unpaired) electrons. The Kier molecular flexibility index (Phi) is 5.37. The average molecular weight is 255 g/mol. The Bertz CT molecular complexity index is 357. The second kappa shape index (κ2) is 6.56. The normalized spacial score (nSPS) is 14.1. The van der Waals surface area contributed by atoms with Crippen molar-refractivity contribution in [1.29, 1.82) is 0 Å². The van der Waals surface area contributed by atoms with E-state index in [-0.39, 0.29) is 18.1 Å². The second-order valence-corrected chi connectivity index (χ2v) is 5.00. The van der Waals surface area contributed by atoms with Gasteiger partial charge in [0.05, 0.1) is 11.8 Å². The Hall–Kier alpha value is -1.14. The first kappa shape index (κ1) is 13.9. The zero-order valence-corrected chi connectivity index (χ0v) is 10.8. The third-order valence-corrected chi connectivity index (χ3v) is 2.88. The minimum Gasteiger partial charge on any atom is -0.388 e. The zero-order valence-electron chi connectivity index (χ0n) is 10.0. The molecular formula is C11H17N3O2S. The molecule has 0 aliphatic heterocycles. The van der Waals surface area contributed by atoms with Crippen molar-refractivity contribution in [2.24, 2.45) is 0 Å². The lowest BCUT2D eigenvalue weighted by Gasteiger charge is -2.23. The molecular weight excluding hydrogens is 238 g/mol. The summed E-state index contributed by atoms with van der Waals surface area (Å²) in [5.41, 5.74) is -0.630. The number of hydrogen-bond acceptors (Lipinski definition) is 5. The quantitative estimate of drug-likeness (QED) is 0.783. The van der Waals surface area contributed by atoms with E-state index in [4.69, 9.17) is 0 Å². The first-order chi connectivity index (χ1) is 8.05. The van der Waals surface area contributed by atoms with E-state index in [0.717, 1.165) is 5.75 Å². The average Bonchev–Trinajstić information content (AvgIpc) is 2.35.